The normalized spacial score (nSPS) is 11.8. The van der Waals surface area contributed by atoms with Crippen LogP contribution in [0, 0.1) is 6.92 Å². The van der Waals surface area contributed by atoms with Gasteiger partial charge in [-0.2, -0.15) is 18.3 Å². The number of benzene rings is 2. The lowest BCUT2D eigenvalue weighted by atomic mass is 10.2. The number of nitrogens with zero attached hydrogens (tertiary/aromatic N) is 4. The number of anilines is 1. The fraction of sp³-hybridized carbons (Fsp3) is 0.190. The minimum atomic E-state index is -4.80. The van der Waals surface area contributed by atoms with Gasteiger partial charge in [0.1, 0.15) is 5.82 Å². The van der Waals surface area contributed by atoms with Crippen LogP contribution in [-0.2, 0) is 12.7 Å². The molecule has 31 heavy (non-hydrogen) atoms. The van der Waals surface area contributed by atoms with Gasteiger partial charge in [-0.3, -0.25) is 4.79 Å². The van der Waals surface area contributed by atoms with E-state index in [2.05, 4.69) is 15.4 Å². The van der Waals surface area contributed by atoms with Gasteiger partial charge in [0.15, 0.2) is 5.69 Å². The molecule has 0 saturated heterocycles. The molecule has 0 unspecified atom stereocenters. The molecule has 160 valence electrons. The third-order valence-corrected chi connectivity index (χ3v) is 5.12. The fourth-order valence-electron chi connectivity index (χ4n) is 3.49. The number of halogens is 4. The lowest BCUT2D eigenvalue weighted by Gasteiger charge is -2.13. The van der Waals surface area contributed by atoms with Crippen molar-refractivity contribution < 1.29 is 18.0 Å². The molecule has 6 nitrogen and oxygen atoms in total. The Morgan fingerprint density at radius 3 is 2.52 bits per heavy atom. The molecular weight excluding hydrogens is 431 g/mol. The predicted molar refractivity (Wildman–Crippen MR) is 112 cm³/mol. The van der Waals surface area contributed by atoms with E-state index in [-0.39, 0.29) is 5.69 Å². The number of nitrogens with one attached hydrogen (secondary N) is 1. The van der Waals surface area contributed by atoms with Gasteiger partial charge in [0, 0.05) is 17.3 Å². The van der Waals surface area contributed by atoms with Crippen LogP contribution in [0.15, 0.2) is 48.7 Å². The minimum absolute atomic E-state index is 0.137. The molecule has 1 amide bonds. The molecule has 2 heterocycles. The molecule has 0 fully saturated rings. The maximum absolute atomic E-state index is 13.8. The molecular formula is C21H17ClF3N5O. The van der Waals surface area contributed by atoms with Crippen LogP contribution in [0.2, 0.25) is 5.02 Å². The average Bonchev–Trinajstić information content (AvgIpc) is 3.29. The summed E-state index contributed by atoms with van der Waals surface area (Å²) in [4.78, 5) is 17.2. The van der Waals surface area contributed by atoms with Crippen molar-refractivity contribution in [1.82, 2.24) is 19.3 Å². The zero-order chi connectivity index (χ0) is 22.3. The highest BCUT2D eigenvalue weighted by Gasteiger charge is 2.40. The van der Waals surface area contributed by atoms with Crippen molar-refractivity contribution in [2.24, 2.45) is 0 Å². The van der Waals surface area contributed by atoms with Crippen molar-refractivity contribution in [3.8, 4) is 5.69 Å². The summed E-state index contributed by atoms with van der Waals surface area (Å²) in [5.74, 6) is -0.108. The zero-order valence-corrected chi connectivity index (χ0v) is 17.3. The number of rotatable bonds is 4. The van der Waals surface area contributed by atoms with E-state index >= 15 is 0 Å². The summed E-state index contributed by atoms with van der Waals surface area (Å²) in [6.07, 6.45) is -3.90. The highest BCUT2D eigenvalue weighted by atomic mass is 35.5. The van der Waals surface area contributed by atoms with Gasteiger partial charge in [0.05, 0.1) is 28.5 Å². The number of alkyl halides is 3. The van der Waals surface area contributed by atoms with Crippen LogP contribution < -0.4 is 5.32 Å². The van der Waals surface area contributed by atoms with Crippen molar-refractivity contribution in [3.63, 3.8) is 0 Å². The van der Waals surface area contributed by atoms with Gasteiger partial charge < -0.3 is 9.88 Å². The molecule has 0 aliphatic rings. The Morgan fingerprint density at radius 2 is 1.87 bits per heavy atom. The van der Waals surface area contributed by atoms with Crippen molar-refractivity contribution in [2.75, 3.05) is 5.32 Å². The van der Waals surface area contributed by atoms with Crippen molar-refractivity contribution in [2.45, 2.75) is 26.6 Å². The lowest BCUT2D eigenvalue weighted by Crippen LogP contribution is -2.20. The molecule has 1 N–H and O–H groups in total. The quantitative estimate of drug-likeness (QED) is 0.451. The summed E-state index contributed by atoms with van der Waals surface area (Å²) in [7, 11) is 0. The summed E-state index contributed by atoms with van der Waals surface area (Å²) in [5.41, 5.74) is 0.246. The Balaban J connectivity index is 1.70. The van der Waals surface area contributed by atoms with E-state index in [0.717, 1.165) is 24.1 Å². The summed E-state index contributed by atoms with van der Waals surface area (Å²) >= 11 is 5.81. The number of carbonyl (C=O) groups is 1. The van der Waals surface area contributed by atoms with E-state index in [0.29, 0.717) is 20.9 Å². The number of aromatic nitrogens is 4. The third-order valence-electron chi connectivity index (χ3n) is 4.87. The number of hydrogen-bond acceptors (Lipinski definition) is 3. The van der Waals surface area contributed by atoms with Gasteiger partial charge in [-0.1, -0.05) is 11.6 Å². The van der Waals surface area contributed by atoms with Crippen LogP contribution in [0.25, 0.3) is 16.7 Å². The van der Waals surface area contributed by atoms with Crippen molar-refractivity contribution in [3.05, 3.63) is 70.8 Å². The van der Waals surface area contributed by atoms with E-state index in [4.69, 9.17) is 11.6 Å². The molecule has 0 aliphatic carbocycles. The SMILES string of the molecule is CCn1c(C)nc2cc(NC(=O)c3cnn(-c4ccc(Cl)cc4)c3C(F)(F)F)ccc21. The summed E-state index contributed by atoms with van der Waals surface area (Å²) in [6, 6.07) is 10.7. The van der Waals surface area contributed by atoms with Crippen LogP contribution in [0.1, 0.15) is 28.8 Å². The molecule has 0 aliphatic heterocycles. The fourth-order valence-corrected chi connectivity index (χ4v) is 3.62. The van der Waals surface area contributed by atoms with E-state index in [1.165, 1.54) is 24.3 Å². The highest BCUT2D eigenvalue weighted by molar-refractivity contribution is 6.30. The first-order valence-electron chi connectivity index (χ1n) is 9.38. The lowest BCUT2D eigenvalue weighted by molar-refractivity contribution is -0.143. The second kappa shape index (κ2) is 7.73. The van der Waals surface area contributed by atoms with E-state index in [1.807, 2.05) is 18.4 Å². The largest absolute Gasteiger partial charge is 0.434 e. The van der Waals surface area contributed by atoms with Crippen LogP contribution >= 0.6 is 11.6 Å². The first-order chi connectivity index (χ1) is 14.7. The summed E-state index contributed by atoms with van der Waals surface area (Å²) in [6.45, 7) is 4.58. The molecule has 0 radical (unpaired) electrons. The van der Waals surface area contributed by atoms with E-state index < -0.39 is 23.3 Å². The molecule has 10 heteroatoms. The molecule has 2 aromatic carbocycles. The molecule has 0 spiro atoms. The highest BCUT2D eigenvalue weighted by Crippen LogP contribution is 2.34. The first-order valence-corrected chi connectivity index (χ1v) is 9.76. The van der Waals surface area contributed by atoms with Crippen LogP contribution in [-0.4, -0.2) is 25.2 Å². The number of carbonyl (C=O) groups excluding carboxylic acids is 1. The molecule has 4 rings (SSSR count). The van der Waals surface area contributed by atoms with E-state index in [1.54, 1.807) is 18.2 Å². The molecule has 0 saturated carbocycles. The standard InChI is InChI=1S/C21H17ClF3N5O/c1-3-29-12(2)27-17-10-14(6-9-18(17)29)28-20(31)16-11-26-30(19(16)21(23,24)25)15-7-4-13(22)5-8-15/h4-11H,3H2,1-2H3,(H,28,31). The van der Waals surface area contributed by atoms with E-state index in [9.17, 15) is 18.0 Å². The third kappa shape index (κ3) is 3.88. The Bertz CT molecular complexity index is 1270. The average molecular weight is 448 g/mol. The summed E-state index contributed by atoms with van der Waals surface area (Å²) in [5, 5.41) is 6.69. The van der Waals surface area contributed by atoms with Gasteiger partial charge in [-0.15, -0.1) is 0 Å². The molecule has 2 aromatic heterocycles. The summed E-state index contributed by atoms with van der Waals surface area (Å²) < 4.78 is 44.1. The Morgan fingerprint density at radius 1 is 1.16 bits per heavy atom. The van der Waals surface area contributed by atoms with Crippen LogP contribution in [0.3, 0.4) is 0 Å². The maximum atomic E-state index is 13.8. The van der Waals surface area contributed by atoms with Gasteiger partial charge in [0.2, 0.25) is 0 Å². The number of amides is 1. The molecule has 4 aromatic rings. The number of fused-ring (bicyclic) bond motifs is 1. The predicted octanol–water partition coefficient (Wildman–Crippen LogP) is 5.47. The van der Waals surface area contributed by atoms with Gasteiger partial charge >= 0.3 is 6.18 Å². The van der Waals surface area contributed by atoms with Crippen molar-refractivity contribution in [1.29, 1.82) is 0 Å². The maximum Gasteiger partial charge on any atom is 0.434 e. The topological polar surface area (TPSA) is 64.7 Å². The first kappa shape index (κ1) is 20.9. The number of hydrogen-bond donors (Lipinski definition) is 1. The van der Waals surface area contributed by atoms with Gasteiger partial charge in [-0.05, 0) is 56.3 Å². The molecule has 0 atom stereocenters. The number of aryl methyl sites for hydroxylation is 2. The Kier molecular flexibility index (Phi) is 5.22. The monoisotopic (exact) mass is 447 g/mol. The molecule has 0 bridgehead atoms. The van der Waals surface area contributed by atoms with Crippen LogP contribution in [0.5, 0.6) is 0 Å². The smallest absolute Gasteiger partial charge is 0.329 e. The van der Waals surface area contributed by atoms with Crippen molar-refractivity contribution >= 4 is 34.2 Å². The zero-order valence-electron chi connectivity index (χ0n) is 16.5. The number of imidazole rings is 1. The second-order valence-corrected chi connectivity index (χ2v) is 7.29. The Labute approximate surface area is 180 Å². The second-order valence-electron chi connectivity index (χ2n) is 6.85. The van der Waals surface area contributed by atoms with Gasteiger partial charge in [0.25, 0.3) is 5.91 Å². The minimum Gasteiger partial charge on any atom is -0.329 e. The van der Waals surface area contributed by atoms with Crippen LogP contribution in [0.4, 0.5) is 18.9 Å². The Hall–Kier alpha value is -3.33. The van der Waals surface area contributed by atoms with Gasteiger partial charge in [-0.25, -0.2) is 9.67 Å².